The maximum Gasteiger partial charge on any atom is 0.331 e. The number of carbonyl (C=O) groups excluding carboxylic acids is 1. The lowest BCUT2D eigenvalue weighted by molar-refractivity contribution is -0.132. The van der Waals surface area contributed by atoms with Gasteiger partial charge in [0, 0.05) is 39.8 Å². The molecule has 0 unspecified atom stereocenters. The van der Waals surface area contributed by atoms with Crippen molar-refractivity contribution in [1.29, 1.82) is 0 Å². The zero-order valence-electron chi connectivity index (χ0n) is 23.3. The van der Waals surface area contributed by atoms with Crippen molar-refractivity contribution in [3.63, 3.8) is 0 Å². The summed E-state index contributed by atoms with van der Waals surface area (Å²) in [7, 11) is 0. The number of carbonyl (C=O) groups is 2. The number of aliphatic carboxylic acids is 1. The van der Waals surface area contributed by atoms with Crippen molar-refractivity contribution in [1.82, 2.24) is 4.98 Å². The van der Waals surface area contributed by atoms with E-state index in [0.717, 1.165) is 42.4 Å². The van der Waals surface area contributed by atoms with E-state index in [4.69, 9.17) is 9.84 Å². The second-order valence-corrected chi connectivity index (χ2v) is 10.6. The van der Waals surface area contributed by atoms with Gasteiger partial charge in [0.2, 0.25) is 0 Å². The Morgan fingerprint density at radius 2 is 1.68 bits per heavy atom. The SMILES string of the molecule is CCCCCCCCCCOCc1cccc(-c2csc(NC(=O)c3cc(F)c(C=C(C)C(=O)O)c(F)c3)n2)c1F. The highest BCUT2D eigenvalue weighted by Crippen LogP contribution is 2.29. The molecule has 2 aromatic carbocycles. The molecule has 220 valence electrons. The number of nitrogens with zero attached hydrogens (tertiary/aromatic N) is 1. The molecule has 2 N–H and O–H groups in total. The second-order valence-electron chi connectivity index (χ2n) is 9.78. The zero-order chi connectivity index (χ0) is 29.8. The Morgan fingerprint density at radius 1 is 1.02 bits per heavy atom. The molecule has 0 fully saturated rings. The molecule has 0 aliphatic heterocycles. The predicted octanol–water partition coefficient (Wildman–Crippen LogP) is 8.62. The molecule has 0 saturated heterocycles. The fraction of sp³-hybridized carbons (Fsp3) is 0.387. The average molecular weight is 589 g/mol. The van der Waals surface area contributed by atoms with Gasteiger partial charge in [0.1, 0.15) is 17.5 Å². The minimum Gasteiger partial charge on any atom is -0.478 e. The molecule has 0 aliphatic rings. The van der Waals surface area contributed by atoms with Crippen LogP contribution in [0.2, 0.25) is 0 Å². The first-order valence-corrected chi connectivity index (χ1v) is 14.6. The van der Waals surface area contributed by atoms with Crippen molar-refractivity contribution in [3.05, 3.63) is 75.4 Å². The molecule has 0 saturated carbocycles. The Bertz CT molecular complexity index is 1350. The smallest absolute Gasteiger partial charge is 0.331 e. The number of anilines is 1. The molecule has 0 atom stereocenters. The lowest BCUT2D eigenvalue weighted by Crippen LogP contribution is -2.13. The van der Waals surface area contributed by atoms with E-state index in [9.17, 15) is 18.4 Å². The van der Waals surface area contributed by atoms with Crippen LogP contribution in [0, 0.1) is 17.5 Å². The van der Waals surface area contributed by atoms with Gasteiger partial charge >= 0.3 is 5.97 Å². The number of rotatable bonds is 16. The molecule has 41 heavy (non-hydrogen) atoms. The van der Waals surface area contributed by atoms with E-state index in [-0.39, 0.29) is 28.4 Å². The molecule has 1 amide bonds. The van der Waals surface area contributed by atoms with Crippen LogP contribution < -0.4 is 5.32 Å². The summed E-state index contributed by atoms with van der Waals surface area (Å²) in [5.41, 5.74) is -0.189. The number of thiazole rings is 1. The summed E-state index contributed by atoms with van der Waals surface area (Å²) >= 11 is 1.04. The van der Waals surface area contributed by atoms with E-state index in [1.807, 2.05) is 0 Å². The molecule has 0 spiro atoms. The van der Waals surface area contributed by atoms with Crippen LogP contribution in [-0.2, 0) is 16.1 Å². The van der Waals surface area contributed by atoms with E-state index in [1.165, 1.54) is 45.4 Å². The molecule has 0 radical (unpaired) electrons. The number of benzene rings is 2. The number of nitrogens with one attached hydrogen (secondary N) is 1. The molecule has 0 bridgehead atoms. The normalized spacial score (nSPS) is 11.6. The van der Waals surface area contributed by atoms with Crippen molar-refractivity contribution in [2.75, 3.05) is 11.9 Å². The van der Waals surface area contributed by atoms with E-state index < -0.39 is 34.9 Å². The quantitative estimate of drug-likeness (QED) is 0.129. The van der Waals surface area contributed by atoms with Crippen LogP contribution in [0.1, 0.15) is 86.7 Å². The zero-order valence-corrected chi connectivity index (χ0v) is 24.1. The van der Waals surface area contributed by atoms with Gasteiger partial charge in [-0.2, -0.15) is 0 Å². The molecule has 1 heterocycles. The fourth-order valence-corrected chi connectivity index (χ4v) is 4.87. The molecular formula is C31H35F3N2O4S. The van der Waals surface area contributed by atoms with Gasteiger partial charge in [-0.3, -0.25) is 10.1 Å². The first kappa shape index (κ1) is 32.0. The van der Waals surface area contributed by atoms with Crippen LogP contribution in [0.15, 0.2) is 41.3 Å². The second kappa shape index (κ2) is 16.1. The van der Waals surface area contributed by atoms with E-state index in [0.29, 0.717) is 17.9 Å². The predicted molar refractivity (Wildman–Crippen MR) is 155 cm³/mol. The third kappa shape index (κ3) is 9.54. The van der Waals surface area contributed by atoms with Crippen LogP contribution in [-0.4, -0.2) is 28.6 Å². The largest absolute Gasteiger partial charge is 0.478 e. The number of hydrogen-bond donors (Lipinski definition) is 2. The number of carboxylic acid groups (broad SMARTS) is 1. The third-order valence-electron chi connectivity index (χ3n) is 6.52. The highest BCUT2D eigenvalue weighted by Gasteiger charge is 2.18. The van der Waals surface area contributed by atoms with Crippen LogP contribution >= 0.6 is 11.3 Å². The first-order chi connectivity index (χ1) is 19.7. The summed E-state index contributed by atoms with van der Waals surface area (Å²) in [6.07, 6.45) is 10.4. The number of unbranched alkanes of at least 4 members (excludes halogenated alkanes) is 7. The van der Waals surface area contributed by atoms with Gasteiger partial charge in [-0.15, -0.1) is 11.3 Å². The summed E-state index contributed by atoms with van der Waals surface area (Å²) in [5.74, 6) is -4.77. The Balaban J connectivity index is 1.57. The van der Waals surface area contributed by atoms with Gasteiger partial charge in [-0.1, -0.05) is 64.0 Å². The molecular weight excluding hydrogens is 553 g/mol. The third-order valence-corrected chi connectivity index (χ3v) is 7.28. The van der Waals surface area contributed by atoms with Crippen LogP contribution in [0.25, 0.3) is 17.3 Å². The van der Waals surface area contributed by atoms with Gasteiger partial charge in [-0.05, 0) is 37.6 Å². The van der Waals surface area contributed by atoms with E-state index >= 15 is 4.39 Å². The highest BCUT2D eigenvalue weighted by molar-refractivity contribution is 7.14. The first-order valence-electron chi connectivity index (χ1n) is 13.7. The molecule has 3 aromatic rings. The lowest BCUT2D eigenvalue weighted by Gasteiger charge is -2.08. The van der Waals surface area contributed by atoms with Gasteiger partial charge in [-0.25, -0.2) is 22.9 Å². The highest BCUT2D eigenvalue weighted by atomic mass is 32.1. The molecule has 6 nitrogen and oxygen atoms in total. The average Bonchev–Trinajstić information content (AvgIpc) is 3.40. The molecule has 1 aromatic heterocycles. The summed E-state index contributed by atoms with van der Waals surface area (Å²) in [6, 6.07) is 6.56. The number of halogens is 3. The topological polar surface area (TPSA) is 88.5 Å². The fourth-order valence-electron chi connectivity index (χ4n) is 4.16. The minimum absolute atomic E-state index is 0.118. The molecule has 3 rings (SSSR count). The van der Waals surface area contributed by atoms with Gasteiger partial charge in [0.25, 0.3) is 5.91 Å². The maximum atomic E-state index is 15.2. The van der Waals surface area contributed by atoms with Crippen molar-refractivity contribution in [2.45, 2.75) is 71.8 Å². The lowest BCUT2D eigenvalue weighted by atomic mass is 10.1. The summed E-state index contributed by atoms with van der Waals surface area (Å²) < 4.78 is 49.8. The van der Waals surface area contributed by atoms with Crippen LogP contribution in [0.3, 0.4) is 0 Å². The summed E-state index contributed by atoms with van der Waals surface area (Å²) in [6.45, 7) is 4.10. The van der Waals surface area contributed by atoms with E-state index in [2.05, 4.69) is 17.2 Å². The van der Waals surface area contributed by atoms with Gasteiger partial charge in [0.15, 0.2) is 5.13 Å². The molecule has 0 aliphatic carbocycles. The van der Waals surface area contributed by atoms with Crippen LogP contribution in [0.5, 0.6) is 0 Å². The summed E-state index contributed by atoms with van der Waals surface area (Å²) in [4.78, 5) is 27.8. The molecule has 10 heteroatoms. The number of ether oxygens (including phenoxy) is 1. The van der Waals surface area contributed by atoms with Gasteiger partial charge < -0.3 is 9.84 Å². The number of amides is 1. The van der Waals surface area contributed by atoms with Crippen molar-refractivity contribution < 1.29 is 32.6 Å². The van der Waals surface area contributed by atoms with Crippen molar-refractivity contribution >= 4 is 34.4 Å². The monoisotopic (exact) mass is 588 g/mol. The van der Waals surface area contributed by atoms with Crippen molar-refractivity contribution in [3.8, 4) is 11.3 Å². The van der Waals surface area contributed by atoms with E-state index in [1.54, 1.807) is 23.6 Å². The number of hydrogen-bond acceptors (Lipinski definition) is 5. The van der Waals surface area contributed by atoms with Gasteiger partial charge in [0.05, 0.1) is 12.3 Å². The standard InChI is InChI=1S/C31H35F3N2O4S/c1-3-4-5-6-7-8-9-10-14-40-18-21-12-11-13-23(28(21)34)27-19-41-31(35-27)36-29(37)22-16-25(32)24(26(33)17-22)15-20(2)30(38)39/h11-13,15-17,19H,3-10,14,18H2,1-2H3,(H,38,39)(H,35,36,37). The Hall–Kier alpha value is -3.50. The number of carboxylic acids is 1. The summed E-state index contributed by atoms with van der Waals surface area (Å²) in [5, 5.41) is 13.1. The number of aromatic nitrogens is 1. The minimum atomic E-state index is -1.32. The van der Waals surface area contributed by atoms with Crippen LogP contribution in [0.4, 0.5) is 18.3 Å². The Kier molecular flexibility index (Phi) is 12.6. The Morgan fingerprint density at radius 3 is 2.34 bits per heavy atom. The Labute approximate surface area is 242 Å². The van der Waals surface area contributed by atoms with Crippen molar-refractivity contribution in [2.24, 2.45) is 0 Å². The maximum absolute atomic E-state index is 15.2.